The molecular weight excluding hydrogens is 360 g/mol. The standard InChI is InChI=1S/C23H15ClO3/c24-20-11-12-21-19(13-20)14-22(27-21)17-7-3-15(4-8-17)1-2-16-5-9-18(10-6-16)23(25)26/h1-14H,(H,25,26). The highest BCUT2D eigenvalue weighted by Crippen LogP contribution is 2.29. The Bertz CT molecular complexity index is 1140. The summed E-state index contributed by atoms with van der Waals surface area (Å²) in [6.45, 7) is 0. The second kappa shape index (κ2) is 7.14. The molecule has 0 spiro atoms. The second-order valence-corrected chi connectivity index (χ2v) is 6.61. The first-order valence-corrected chi connectivity index (χ1v) is 8.77. The molecule has 4 heteroatoms. The number of rotatable bonds is 4. The predicted molar refractivity (Wildman–Crippen MR) is 109 cm³/mol. The van der Waals surface area contributed by atoms with Crippen molar-refractivity contribution in [1.82, 2.24) is 0 Å². The summed E-state index contributed by atoms with van der Waals surface area (Å²) in [5.74, 6) is -0.124. The topological polar surface area (TPSA) is 50.4 Å². The van der Waals surface area contributed by atoms with Gasteiger partial charge < -0.3 is 9.52 Å². The lowest BCUT2D eigenvalue weighted by Gasteiger charge is -1.99. The summed E-state index contributed by atoms with van der Waals surface area (Å²) in [7, 11) is 0. The van der Waals surface area contributed by atoms with Crippen LogP contribution in [-0.4, -0.2) is 11.1 Å². The zero-order valence-electron chi connectivity index (χ0n) is 14.2. The molecule has 3 aromatic carbocycles. The highest BCUT2D eigenvalue weighted by atomic mass is 35.5. The van der Waals surface area contributed by atoms with Crippen LogP contribution in [0, 0.1) is 0 Å². The molecule has 4 aromatic rings. The largest absolute Gasteiger partial charge is 0.478 e. The fourth-order valence-corrected chi connectivity index (χ4v) is 3.02. The van der Waals surface area contributed by atoms with Crippen LogP contribution in [0.15, 0.2) is 77.2 Å². The SMILES string of the molecule is O=C(O)c1ccc(C=Cc2ccc(-c3cc4cc(Cl)ccc4o3)cc2)cc1. The number of halogens is 1. The van der Waals surface area contributed by atoms with Gasteiger partial charge in [-0.05, 0) is 47.5 Å². The minimum Gasteiger partial charge on any atom is -0.478 e. The van der Waals surface area contributed by atoms with Crippen molar-refractivity contribution < 1.29 is 14.3 Å². The molecule has 1 N–H and O–H groups in total. The van der Waals surface area contributed by atoms with Crippen LogP contribution in [-0.2, 0) is 0 Å². The molecule has 1 aromatic heterocycles. The third kappa shape index (κ3) is 3.78. The minimum atomic E-state index is -0.922. The van der Waals surface area contributed by atoms with Gasteiger partial charge in [0, 0.05) is 16.0 Å². The first kappa shape index (κ1) is 17.1. The summed E-state index contributed by atoms with van der Waals surface area (Å²) in [4.78, 5) is 10.9. The lowest BCUT2D eigenvalue weighted by Crippen LogP contribution is -1.94. The summed E-state index contributed by atoms with van der Waals surface area (Å²) >= 11 is 6.03. The Hall–Kier alpha value is -3.30. The van der Waals surface area contributed by atoms with E-state index < -0.39 is 5.97 Å². The van der Waals surface area contributed by atoms with E-state index in [1.807, 2.05) is 60.7 Å². The molecular formula is C23H15ClO3. The summed E-state index contributed by atoms with van der Waals surface area (Å²) < 4.78 is 5.88. The number of carboxylic acids is 1. The van der Waals surface area contributed by atoms with E-state index in [1.165, 1.54) is 0 Å². The van der Waals surface area contributed by atoms with Gasteiger partial charge in [-0.1, -0.05) is 60.2 Å². The fraction of sp³-hybridized carbons (Fsp3) is 0. The first-order valence-electron chi connectivity index (χ1n) is 8.39. The quantitative estimate of drug-likeness (QED) is 0.408. The molecule has 132 valence electrons. The molecule has 0 bridgehead atoms. The van der Waals surface area contributed by atoms with Crippen molar-refractivity contribution in [3.63, 3.8) is 0 Å². The average Bonchev–Trinajstić information content (AvgIpc) is 3.10. The van der Waals surface area contributed by atoms with E-state index in [1.54, 1.807) is 24.3 Å². The van der Waals surface area contributed by atoms with Crippen LogP contribution in [0.4, 0.5) is 0 Å². The predicted octanol–water partition coefficient (Wildman–Crippen LogP) is 6.62. The number of fused-ring (bicyclic) bond motifs is 1. The maximum absolute atomic E-state index is 10.9. The number of aromatic carboxylic acids is 1. The Balaban J connectivity index is 1.53. The Morgan fingerprint density at radius 1 is 0.852 bits per heavy atom. The summed E-state index contributed by atoms with van der Waals surface area (Å²) in [5.41, 5.74) is 4.07. The van der Waals surface area contributed by atoms with E-state index >= 15 is 0 Å². The second-order valence-electron chi connectivity index (χ2n) is 6.18. The van der Waals surface area contributed by atoms with Gasteiger partial charge >= 0.3 is 5.97 Å². The molecule has 0 fully saturated rings. The van der Waals surface area contributed by atoms with Gasteiger partial charge in [-0.25, -0.2) is 4.79 Å². The summed E-state index contributed by atoms with van der Waals surface area (Å²) in [6.07, 6.45) is 3.93. The lowest BCUT2D eigenvalue weighted by molar-refractivity contribution is 0.0697. The van der Waals surface area contributed by atoms with Gasteiger partial charge in [-0.2, -0.15) is 0 Å². The van der Waals surface area contributed by atoms with Gasteiger partial charge in [-0.3, -0.25) is 0 Å². The zero-order valence-corrected chi connectivity index (χ0v) is 15.0. The number of hydrogen-bond acceptors (Lipinski definition) is 2. The van der Waals surface area contributed by atoms with Gasteiger partial charge in [-0.15, -0.1) is 0 Å². The van der Waals surface area contributed by atoms with Crippen molar-refractivity contribution in [3.8, 4) is 11.3 Å². The molecule has 0 aliphatic rings. The minimum absolute atomic E-state index is 0.281. The number of carbonyl (C=O) groups is 1. The molecule has 0 unspecified atom stereocenters. The monoisotopic (exact) mass is 374 g/mol. The molecule has 4 rings (SSSR count). The van der Waals surface area contributed by atoms with E-state index in [4.69, 9.17) is 21.1 Å². The van der Waals surface area contributed by atoms with E-state index in [-0.39, 0.29) is 5.56 Å². The molecule has 3 nitrogen and oxygen atoms in total. The highest BCUT2D eigenvalue weighted by molar-refractivity contribution is 6.31. The number of carboxylic acid groups (broad SMARTS) is 1. The molecule has 0 amide bonds. The third-order valence-electron chi connectivity index (χ3n) is 4.30. The van der Waals surface area contributed by atoms with E-state index in [9.17, 15) is 4.79 Å². The van der Waals surface area contributed by atoms with E-state index in [0.717, 1.165) is 33.4 Å². The Kier molecular flexibility index (Phi) is 4.53. The average molecular weight is 375 g/mol. The van der Waals surface area contributed by atoms with Crippen LogP contribution in [0.2, 0.25) is 5.02 Å². The van der Waals surface area contributed by atoms with Crippen molar-refractivity contribution in [3.05, 3.63) is 94.5 Å². The Morgan fingerprint density at radius 3 is 2.11 bits per heavy atom. The van der Waals surface area contributed by atoms with E-state index in [2.05, 4.69) is 0 Å². The van der Waals surface area contributed by atoms with Gasteiger partial charge in [0.15, 0.2) is 0 Å². The molecule has 1 heterocycles. The molecule has 0 saturated carbocycles. The lowest BCUT2D eigenvalue weighted by atomic mass is 10.1. The van der Waals surface area contributed by atoms with Crippen LogP contribution in [0.3, 0.4) is 0 Å². The Morgan fingerprint density at radius 2 is 1.48 bits per heavy atom. The van der Waals surface area contributed by atoms with Gasteiger partial charge in [0.25, 0.3) is 0 Å². The van der Waals surface area contributed by atoms with Crippen LogP contribution < -0.4 is 0 Å². The molecule has 0 atom stereocenters. The zero-order chi connectivity index (χ0) is 18.8. The van der Waals surface area contributed by atoms with Crippen LogP contribution >= 0.6 is 11.6 Å². The molecule has 0 aliphatic carbocycles. The molecule has 0 radical (unpaired) electrons. The van der Waals surface area contributed by atoms with Crippen molar-refractivity contribution >= 4 is 40.7 Å². The Labute approximate surface area is 161 Å². The smallest absolute Gasteiger partial charge is 0.335 e. The first-order chi connectivity index (χ1) is 13.1. The van der Waals surface area contributed by atoms with Crippen molar-refractivity contribution in [2.24, 2.45) is 0 Å². The molecule has 0 saturated heterocycles. The number of benzene rings is 3. The third-order valence-corrected chi connectivity index (χ3v) is 4.53. The number of furan rings is 1. The van der Waals surface area contributed by atoms with Crippen LogP contribution in [0.1, 0.15) is 21.5 Å². The van der Waals surface area contributed by atoms with Gasteiger partial charge in [0.2, 0.25) is 0 Å². The summed E-state index contributed by atoms with van der Waals surface area (Å²) in [5, 5.41) is 10.6. The summed E-state index contributed by atoms with van der Waals surface area (Å²) in [6, 6.07) is 22.3. The highest BCUT2D eigenvalue weighted by Gasteiger charge is 2.06. The normalized spacial score (nSPS) is 11.3. The fourth-order valence-electron chi connectivity index (χ4n) is 2.84. The van der Waals surface area contributed by atoms with Gasteiger partial charge in [0.1, 0.15) is 11.3 Å². The maximum atomic E-state index is 10.9. The molecule has 0 aliphatic heterocycles. The van der Waals surface area contributed by atoms with Crippen LogP contribution in [0.5, 0.6) is 0 Å². The maximum Gasteiger partial charge on any atom is 0.335 e. The van der Waals surface area contributed by atoms with Crippen molar-refractivity contribution in [2.45, 2.75) is 0 Å². The number of hydrogen-bond donors (Lipinski definition) is 1. The van der Waals surface area contributed by atoms with Crippen LogP contribution in [0.25, 0.3) is 34.4 Å². The van der Waals surface area contributed by atoms with E-state index in [0.29, 0.717) is 5.02 Å². The molecule has 27 heavy (non-hydrogen) atoms. The van der Waals surface area contributed by atoms with Crippen molar-refractivity contribution in [2.75, 3.05) is 0 Å². The van der Waals surface area contributed by atoms with Crippen molar-refractivity contribution in [1.29, 1.82) is 0 Å². The van der Waals surface area contributed by atoms with Gasteiger partial charge in [0.05, 0.1) is 5.56 Å².